The van der Waals surface area contributed by atoms with E-state index in [4.69, 9.17) is 35.0 Å². The van der Waals surface area contributed by atoms with E-state index in [2.05, 4.69) is 11.1 Å². The number of rotatable bonds is 14. The number of ether oxygens (including phenoxy) is 4. The largest absolute Gasteiger partial charge is 0.463 e. The van der Waals surface area contributed by atoms with Crippen molar-refractivity contribution >= 4 is 22.9 Å². The average Bonchev–Trinajstić information content (AvgIpc) is 3.87. The maximum Gasteiger partial charge on any atom is 0.145 e. The standard InChI is InChI=1S/C43H42ClNO6S/c1-43(2,46)42-41(50-28-31-17-10-5-11-18-31)40(49-27-30-15-8-4-9-16-30)39(48-26-29-13-6-3-7-14-29)38(51-42)32-20-21-34(44)33(23-32)24-37-45-25-36(52-37)35-19-12-22-47-35/h3-23,25,38-42,46H,24,26-28H2,1-2H3/t38-,39-,40+,41-,42-/m0/s1. The molecule has 268 valence electrons. The van der Waals surface area contributed by atoms with Crippen LogP contribution in [0.2, 0.25) is 5.02 Å². The van der Waals surface area contributed by atoms with Gasteiger partial charge < -0.3 is 28.5 Å². The summed E-state index contributed by atoms with van der Waals surface area (Å²) in [5.74, 6) is 0.779. The van der Waals surface area contributed by atoms with Crippen molar-refractivity contribution in [2.45, 2.75) is 76.2 Å². The van der Waals surface area contributed by atoms with Crippen LogP contribution >= 0.6 is 22.9 Å². The van der Waals surface area contributed by atoms with Gasteiger partial charge in [-0.05, 0) is 59.9 Å². The van der Waals surface area contributed by atoms with E-state index >= 15 is 0 Å². The monoisotopic (exact) mass is 735 g/mol. The molecule has 0 aliphatic carbocycles. The summed E-state index contributed by atoms with van der Waals surface area (Å²) in [6.07, 6.45) is 0.668. The molecule has 9 heteroatoms. The molecule has 0 saturated carbocycles. The number of thiazole rings is 1. The second kappa shape index (κ2) is 16.7. The minimum absolute atomic E-state index is 0.307. The van der Waals surface area contributed by atoms with Crippen molar-refractivity contribution in [3.63, 3.8) is 0 Å². The molecule has 1 aliphatic heterocycles. The Morgan fingerprint density at radius 2 is 1.31 bits per heavy atom. The van der Waals surface area contributed by atoms with E-state index in [0.717, 1.165) is 43.5 Å². The van der Waals surface area contributed by atoms with E-state index in [1.807, 2.05) is 121 Å². The van der Waals surface area contributed by atoms with Crippen LogP contribution in [0.1, 0.15) is 52.8 Å². The van der Waals surface area contributed by atoms with Crippen molar-refractivity contribution in [1.82, 2.24) is 4.98 Å². The SMILES string of the molecule is CC(C)(O)[C@H]1O[C@@H](c2ccc(Cl)c(Cc3ncc(-c4ccco4)s3)c2)[C@H](OCc2ccccc2)[C@@H](OCc2ccccc2)[C@@H]1OCc1ccccc1. The molecule has 4 aromatic carbocycles. The quantitative estimate of drug-likeness (QED) is 0.119. The summed E-state index contributed by atoms with van der Waals surface area (Å²) in [6, 6.07) is 39.8. The van der Waals surface area contributed by atoms with Gasteiger partial charge in [-0.1, -0.05) is 115 Å². The number of aromatic nitrogens is 1. The van der Waals surface area contributed by atoms with Gasteiger partial charge in [0.05, 0.1) is 41.6 Å². The lowest BCUT2D eigenvalue weighted by Gasteiger charge is -2.49. The maximum absolute atomic E-state index is 11.7. The van der Waals surface area contributed by atoms with Gasteiger partial charge in [0, 0.05) is 17.6 Å². The Morgan fingerprint density at radius 3 is 1.87 bits per heavy atom. The summed E-state index contributed by atoms with van der Waals surface area (Å²) in [7, 11) is 0. The van der Waals surface area contributed by atoms with Gasteiger partial charge in [-0.15, -0.1) is 11.3 Å². The third-order valence-corrected chi connectivity index (χ3v) is 10.5. The van der Waals surface area contributed by atoms with Gasteiger partial charge in [0.15, 0.2) is 0 Å². The topological polar surface area (TPSA) is 83.2 Å². The third kappa shape index (κ3) is 8.90. The highest BCUT2D eigenvalue weighted by molar-refractivity contribution is 7.15. The predicted octanol–water partition coefficient (Wildman–Crippen LogP) is 9.61. The summed E-state index contributed by atoms with van der Waals surface area (Å²) in [5, 5.41) is 13.2. The molecule has 7 nitrogen and oxygen atoms in total. The molecule has 5 atom stereocenters. The molecule has 1 fully saturated rings. The van der Waals surface area contributed by atoms with Crippen molar-refractivity contribution in [1.29, 1.82) is 0 Å². The van der Waals surface area contributed by atoms with E-state index in [0.29, 0.717) is 31.3 Å². The van der Waals surface area contributed by atoms with Crippen LogP contribution in [-0.4, -0.2) is 40.1 Å². The van der Waals surface area contributed by atoms with Gasteiger partial charge in [-0.2, -0.15) is 0 Å². The van der Waals surface area contributed by atoms with Crippen LogP contribution in [0.15, 0.2) is 138 Å². The van der Waals surface area contributed by atoms with Crippen molar-refractivity contribution in [2.24, 2.45) is 0 Å². The molecule has 52 heavy (non-hydrogen) atoms. The van der Waals surface area contributed by atoms with E-state index in [9.17, 15) is 5.11 Å². The fraction of sp³-hybridized carbons (Fsp3) is 0.279. The fourth-order valence-corrected chi connectivity index (χ4v) is 7.62. The Bertz CT molecular complexity index is 1980. The van der Waals surface area contributed by atoms with Crippen LogP contribution in [-0.2, 0) is 45.2 Å². The molecule has 1 N–H and O–H groups in total. The highest BCUT2D eigenvalue weighted by Crippen LogP contribution is 2.42. The van der Waals surface area contributed by atoms with Crippen molar-refractivity contribution in [2.75, 3.05) is 0 Å². The highest BCUT2D eigenvalue weighted by atomic mass is 35.5. The maximum atomic E-state index is 11.7. The third-order valence-electron chi connectivity index (χ3n) is 9.15. The summed E-state index contributed by atoms with van der Waals surface area (Å²) in [6.45, 7) is 4.45. The summed E-state index contributed by atoms with van der Waals surface area (Å²) in [5.41, 5.74) is 3.49. The average molecular weight is 736 g/mol. The van der Waals surface area contributed by atoms with Gasteiger partial charge in [0.1, 0.15) is 36.3 Å². The number of aliphatic hydroxyl groups is 1. The van der Waals surface area contributed by atoms with Gasteiger partial charge in [-0.25, -0.2) is 4.98 Å². The zero-order valence-electron chi connectivity index (χ0n) is 29.1. The number of nitrogens with zero attached hydrogens (tertiary/aromatic N) is 1. The van der Waals surface area contributed by atoms with Crippen LogP contribution in [0, 0.1) is 0 Å². The number of furan rings is 1. The summed E-state index contributed by atoms with van der Waals surface area (Å²) >= 11 is 8.41. The smallest absolute Gasteiger partial charge is 0.145 e. The van der Waals surface area contributed by atoms with Crippen LogP contribution in [0.25, 0.3) is 10.6 Å². The van der Waals surface area contributed by atoms with E-state index in [1.165, 1.54) is 0 Å². The predicted molar refractivity (Wildman–Crippen MR) is 203 cm³/mol. The summed E-state index contributed by atoms with van der Waals surface area (Å²) in [4.78, 5) is 5.62. The Morgan fingerprint density at radius 1 is 0.731 bits per heavy atom. The second-order valence-corrected chi connectivity index (χ2v) is 15.1. The van der Waals surface area contributed by atoms with Crippen LogP contribution in [0.3, 0.4) is 0 Å². The second-order valence-electron chi connectivity index (χ2n) is 13.5. The summed E-state index contributed by atoms with van der Waals surface area (Å²) < 4.78 is 33.0. The fourth-order valence-electron chi connectivity index (χ4n) is 6.53. The molecule has 3 heterocycles. The Labute approximate surface area is 313 Å². The molecule has 0 amide bonds. The van der Waals surface area contributed by atoms with Crippen molar-refractivity contribution in [3.05, 3.63) is 172 Å². The van der Waals surface area contributed by atoms with Gasteiger partial charge in [0.2, 0.25) is 0 Å². The first kappa shape index (κ1) is 36.2. The number of hydrogen-bond donors (Lipinski definition) is 1. The Balaban J connectivity index is 1.26. The van der Waals surface area contributed by atoms with Gasteiger partial charge in [0.25, 0.3) is 0 Å². The van der Waals surface area contributed by atoms with Crippen LogP contribution in [0.5, 0.6) is 0 Å². The lowest BCUT2D eigenvalue weighted by atomic mass is 9.84. The molecular weight excluding hydrogens is 694 g/mol. The molecule has 0 radical (unpaired) electrons. The van der Waals surface area contributed by atoms with E-state index in [-0.39, 0.29) is 0 Å². The molecule has 1 saturated heterocycles. The van der Waals surface area contributed by atoms with Crippen molar-refractivity contribution in [3.8, 4) is 10.6 Å². The van der Waals surface area contributed by atoms with Gasteiger partial charge >= 0.3 is 0 Å². The first-order chi connectivity index (χ1) is 25.3. The first-order valence-corrected chi connectivity index (χ1v) is 18.6. The van der Waals surface area contributed by atoms with Crippen molar-refractivity contribution < 1.29 is 28.5 Å². The molecule has 0 unspecified atom stereocenters. The Hall–Kier alpha value is -4.12. The number of benzene rings is 4. The Kier molecular flexibility index (Phi) is 11.6. The van der Waals surface area contributed by atoms with Gasteiger partial charge in [-0.3, -0.25) is 0 Å². The molecule has 7 rings (SSSR count). The molecule has 0 bridgehead atoms. The van der Waals surface area contributed by atoms with Crippen LogP contribution in [0.4, 0.5) is 0 Å². The first-order valence-electron chi connectivity index (χ1n) is 17.4. The normalized spacial score (nSPS) is 20.6. The lowest BCUT2D eigenvalue weighted by Crippen LogP contribution is -2.62. The van der Waals surface area contributed by atoms with Crippen LogP contribution < -0.4 is 0 Å². The highest BCUT2D eigenvalue weighted by Gasteiger charge is 2.53. The lowest BCUT2D eigenvalue weighted by molar-refractivity contribution is -0.294. The van der Waals surface area contributed by atoms with E-state index in [1.54, 1.807) is 31.4 Å². The zero-order valence-corrected chi connectivity index (χ0v) is 30.7. The molecule has 0 spiro atoms. The molecule has 6 aromatic rings. The molecule has 2 aromatic heterocycles. The minimum Gasteiger partial charge on any atom is -0.463 e. The molecular formula is C43H42ClNO6S. The minimum atomic E-state index is -1.29. The molecule has 1 aliphatic rings. The number of halogens is 1. The van der Waals surface area contributed by atoms with E-state index < -0.39 is 36.1 Å². The zero-order chi connectivity index (χ0) is 35.9. The number of hydrogen-bond acceptors (Lipinski definition) is 8.